The Morgan fingerprint density at radius 1 is 1.24 bits per heavy atom. The first-order valence-corrected chi connectivity index (χ1v) is 7.07. The number of carbonyl (C=O) groups excluding carboxylic acids is 1. The highest BCUT2D eigenvalue weighted by Gasteiger charge is 2.44. The normalized spacial score (nSPS) is 24.1. The molecule has 0 bridgehead atoms. The van der Waals surface area contributed by atoms with Gasteiger partial charge in [-0.25, -0.2) is 0 Å². The quantitative estimate of drug-likeness (QED) is 0.750. The second-order valence-corrected chi connectivity index (χ2v) is 6.19. The predicted octanol–water partition coefficient (Wildman–Crippen LogP) is 1.98. The largest absolute Gasteiger partial charge is 0.342 e. The van der Waals surface area contributed by atoms with Crippen LogP contribution < -0.4 is 0 Å². The van der Waals surface area contributed by atoms with Crippen LogP contribution in [0.15, 0.2) is 0 Å². The van der Waals surface area contributed by atoms with Gasteiger partial charge in [0.15, 0.2) is 0 Å². The van der Waals surface area contributed by atoms with E-state index in [1.807, 2.05) is 13.8 Å². The molecule has 0 radical (unpaired) electrons. The van der Waals surface area contributed by atoms with E-state index >= 15 is 0 Å². The molecule has 2 aliphatic rings. The SMILES string of the molecule is CCCN1CC2(CCN(C(=O)C(C)C)CC2)C1. The summed E-state index contributed by atoms with van der Waals surface area (Å²) in [5, 5.41) is 0. The van der Waals surface area contributed by atoms with E-state index in [9.17, 15) is 4.79 Å². The Balaban J connectivity index is 1.78. The third-order valence-electron chi connectivity index (χ3n) is 4.29. The lowest BCUT2D eigenvalue weighted by Gasteiger charge is -2.54. The maximum absolute atomic E-state index is 11.9. The van der Waals surface area contributed by atoms with Gasteiger partial charge in [-0.1, -0.05) is 20.8 Å². The maximum Gasteiger partial charge on any atom is 0.225 e. The minimum Gasteiger partial charge on any atom is -0.342 e. The summed E-state index contributed by atoms with van der Waals surface area (Å²) in [5.74, 6) is 0.492. The van der Waals surface area contributed by atoms with Gasteiger partial charge in [0.1, 0.15) is 0 Å². The van der Waals surface area contributed by atoms with Crippen molar-refractivity contribution in [1.29, 1.82) is 0 Å². The Morgan fingerprint density at radius 3 is 2.29 bits per heavy atom. The third-order valence-corrected chi connectivity index (χ3v) is 4.29. The van der Waals surface area contributed by atoms with Crippen LogP contribution in [0.4, 0.5) is 0 Å². The molecule has 3 heteroatoms. The zero-order chi connectivity index (χ0) is 12.5. The molecule has 1 amide bonds. The Morgan fingerprint density at radius 2 is 1.82 bits per heavy atom. The lowest BCUT2D eigenvalue weighted by atomic mass is 9.72. The number of carbonyl (C=O) groups is 1. The molecular formula is C14H26N2O. The van der Waals surface area contributed by atoms with Crippen molar-refractivity contribution in [2.24, 2.45) is 11.3 Å². The van der Waals surface area contributed by atoms with E-state index in [1.165, 1.54) is 38.9 Å². The Bertz CT molecular complexity index is 272. The topological polar surface area (TPSA) is 23.6 Å². The predicted molar refractivity (Wildman–Crippen MR) is 69.8 cm³/mol. The monoisotopic (exact) mass is 238 g/mol. The molecule has 0 unspecified atom stereocenters. The number of piperidine rings is 1. The van der Waals surface area contributed by atoms with Crippen LogP contribution >= 0.6 is 0 Å². The number of amides is 1. The van der Waals surface area contributed by atoms with Crippen LogP contribution in [-0.2, 0) is 4.79 Å². The van der Waals surface area contributed by atoms with Gasteiger partial charge in [-0.05, 0) is 31.2 Å². The van der Waals surface area contributed by atoms with Gasteiger partial charge in [-0.15, -0.1) is 0 Å². The van der Waals surface area contributed by atoms with Crippen molar-refractivity contribution < 1.29 is 4.79 Å². The van der Waals surface area contributed by atoms with E-state index in [4.69, 9.17) is 0 Å². The Kier molecular flexibility index (Phi) is 3.76. The lowest BCUT2D eigenvalue weighted by Crippen LogP contribution is -2.60. The summed E-state index contributed by atoms with van der Waals surface area (Å²) in [6.45, 7) is 12.0. The molecule has 0 aromatic heterocycles. The minimum absolute atomic E-state index is 0.155. The molecule has 98 valence electrons. The van der Waals surface area contributed by atoms with Gasteiger partial charge < -0.3 is 9.80 Å². The average molecular weight is 238 g/mol. The minimum atomic E-state index is 0.155. The molecule has 0 atom stereocenters. The van der Waals surface area contributed by atoms with E-state index in [0.29, 0.717) is 11.3 Å². The first kappa shape index (κ1) is 12.9. The lowest BCUT2D eigenvalue weighted by molar-refractivity contribution is -0.139. The van der Waals surface area contributed by atoms with Crippen molar-refractivity contribution >= 4 is 5.91 Å². The van der Waals surface area contributed by atoms with E-state index in [-0.39, 0.29) is 5.92 Å². The fourth-order valence-corrected chi connectivity index (χ4v) is 3.26. The maximum atomic E-state index is 11.9. The molecular weight excluding hydrogens is 212 g/mol. The molecule has 0 saturated carbocycles. The van der Waals surface area contributed by atoms with Gasteiger partial charge in [-0.3, -0.25) is 4.79 Å². The molecule has 0 aliphatic carbocycles. The van der Waals surface area contributed by atoms with Crippen molar-refractivity contribution in [3.8, 4) is 0 Å². The standard InChI is InChI=1S/C14H26N2O/c1-4-7-15-10-14(11-15)5-8-16(9-6-14)13(17)12(2)3/h12H,4-11H2,1-3H3. The van der Waals surface area contributed by atoms with E-state index in [0.717, 1.165) is 13.1 Å². The molecule has 0 N–H and O–H groups in total. The zero-order valence-corrected chi connectivity index (χ0v) is 11.5. The Labute approximate surface area is 105 Å². The second-order valence-electron chi connectivity index (χ2n) is 6.19. The average Bonchev–Trinajstić information content (AvgIpc) is 2.27. The van der Waals surface area contributed by atoms with Gasteiger partial charge >= 0.3 is 0 Å². The van der Waals surface area contributed by atoms with Crippen LogP contribution in [0.2, 0.25) is 0 Å². The fraction of sp³-hybridized carbons (Fsp3) is 0.929. The highest BCUT2D eigenvalue weighted by Crippen LogP contribution is 2.40. The molecule has 3 nitrogen and oxygen atoms in total. The number of hydrogen-bond acceptors (Lipinski definition) is 2. The van der Waals surface area contributed by atoms with Crippen molar-refractivity contribution in [3.05, 3.63) is 0 Å². The summed E-state index contributed by atoms with van der Waals surface area (Å²) in [6, 6.07) is 0. The molecule has 1 spiro atoms. The number of nitrogens with zero attached hydrogens (tertiary/aromatic N) is 2. The van der Waals surface area contributed by atoms with E-state index in [1.54, 1.807) is 0 Å². The van der Waals surface area contributed by atoms with Crippen molar-refractivity contribution in [3.63, 3.8) is 0 Å². The Hall–Kier alpha value is -0.570. The van der Waals surface area contributed by atoms with Gasteiger partial charge in [0, 0.05) is 32.1 Å². The first-order chi connectivity index (χ1) is 8.06. The number of likely N-dealkylation sites (tertiary alicyclic amines) is 2. The van der Waals surface area contributed by atoms with Gasteiger partial charge in [0.25, 0.3) is 0 Å². The molecule has 0 aromatic rings. The number of rotatable bonds is 3. The van der Waals surface area contributed by atoms with Crippen LogP contribution in [0.5, 0.6) is 0 Å². The summed E-state index contributed by atoms with van der Waals surface area (Å²) in [6.07, 6.45) is 3.69. The molecule has 2 saturated heterocycles. The molecule has 2 rings (SSSR count). The molecule has 2 heterocycles. The summed E-state index contributed by atoms with van der Waals surface area (Å²) in [4.78, 5) is 16.5. The van der Waals surface area contributed by atoms with Crippen LogP contribution in [-0.4, -0.2) is 48.4 Å². The third kappa shape index (κ3) is 2.65. The van der Waals surface area contributed by atoms with Crippen LogP contribution in [0.1, 0.15) is 40.0 Å². The van der Waals surface area contributed by atoms with E-state index in [2.05, 4.69) is 16.7 Å². The highest BCUT2D eigenvalue weighted by molar-refractivity contribution is 5.78. The summed E-state index contributed by atoms with van der Waals surface area (Å²) in [5.41, 5.74) is 0.558. The summed E-state index contributed by atoms with van der Waals surface area (Å²) >= 11 is 0. The molecule has 2 fully saturated rings. The van der Waals surface area contributed by atoms with Crippen molar-refractivity contribution in [1.82, 2.24) is 9.80 Å². The van der Waals surface area contributed by atoms with E-state index < -0.39 is 0 Å². The number of hydrogen-bond donors (Lipinski definition) is 0. The molecule has 2 aliphatic heterocycles. The van der Waals surface area contributed by atoms with Crippen molar-refractivity contribution in [2.75, 3.05) is 32.7 Å². The van der Waals surface area contributed by atoms with Gasteiger partial charge in [0.2, 0.25) is 5.91 Å². The van der Waals surface area contributed by atoms with Crippen LogP contribution in [0, 0.1) is 11.3 Å². The zero-order valence-electron chi connectivity index (χ0n) is 11.5. The second kappa shape index (κ2) is 4.97. The molecule has 0 aromatic carbocycles. The first-order valence-electron chi connectivity index (χ1n) is 7.07. The van der Waals surface area contributed by atoms with Gasteiger partial charge in [0.05, 0.1) is 0 Å². The fourth-order valence-electron chi connectivity index (χ4n) is 3.26. The van der Waals surface area contributed by atoms with Crippen LogP contribution in [0.25, 0.3) is 0 Å². The van der Waals surface area contributed by atoms with Crippen molar-refractivity contribution in [2.45, 2.75) is 40.0 Å². The smallest absolute Gasteiger partial charge is 0.225 e. The summed E-state index contributed by atoms with van der Waals surface area (Å²) < 4.78 is 0. The summed E-state index contributed by atoms with van der Waals surface area (Å²) in [7, 11) is 0. The highest BCUT2D eigenvalue weighted by atomic mass is 16.2. The van der Waals surface area contributed by atoms with Gasteiger partial charge in [-0.2, -0.15) is 0 Å². The molecule has 17 heavy (non-hydrogen) atoms. The van der Waals surface area contributed by atoms with Crippen LogP contribution in [0.3, 0.4) is 0 Å².